The summed E-state index contributed by atoms with van der Waals surface area (Å²) in [6, 6.07) is 3.45. The van der Waals surface area contributed by atoms with Crippen LogP contribution in [0, 0.1) is 18.6 Å². The first kappa shape index (κ1) is 12.6. The Hall–Kier alpha value is -1.82. The second-order valence-corrected chi connectivity index (χ2v) is 3.94. The third kappa shape index (κ3) is 3.59. The van der Waals surface area contributed by atoms with Gasteiger partial charge in [-0.3, -0.25) is 0 Å². The zero-order chi connectivity index (χ0) is 13.0. The van der Waals surface area contributed by atoms with Crippen molar-refractivity contribution in [2.45, 2.75) is 19.9 Å². The van der Waals surface area contributed by atoms with Gasteiger partial charge in [-0.1, -0.05) is 5.16 Å². The molecule has 0 bridgehead atoms. The SMILES string of the molecule is Cc1noc(CCNCc2cc(F)cc(F)c2)n1. The van der Waals surface area contributed by atoms with Crippen molar-refractivity contribution in [1.29, 1.82) is 0 Å². The van der Waals surface area contributed by atoms with Crippen molar-refractivity contribution in [3.8, 4) is 0 Å². The van der Waals surface area contributed by atoms with Crippen LogP contribution in [0.5, 0.6) is 0 Å². The number of hydrogen-bond donors (Lipinski definition) is 1. The van der Waals surface area contributed by atoms with Crippen LogP contribution in [0.4, 0.5) is 8.78 Å². The van der Waals surface area contributed by atoms with Gasteiger partial charge in [0, 0.05) is 25.6 Å². The Balaban J connectivity index is 1.78. The molecule has 1 heterocycles. The van der Waals surface area contributed by atoms with Gasteiger partial charge in [-0.15, -0.1) is 0 Å². The molecule has 0 saturated carbocycles. The van der Waals surface area contributed by atoms with Crippen LogP contribution in [0.25, 0.3) is 0 Å². The van der Waals surface area contributed by atoms with Gasteiger partial charge < -0.3 is 9.84 Å². The molecule has 0 atom stereocenters. The molecule has 1 aromatic carbocycles. The van der Waals surface area contributed by atoms with Crippen LogP contribution < -0.4 is 5.32 Å². The summed E-state index contributed by atoms with van der Waals surface area (Å²) in [5, 5.41) is 6.72. The first-order valence-corrected chi connectivity index (χ1v) is 5.58. The van der Waals surface area contributed by atoms with E-state index >= 15 is 0 Å². The number of nitrogens with zero attached hydrogens (tertiary/aromatic N) is 2. The van der Waals surface area contributed by atoms with E-state index in [1.54, 1.807) is 6.92 Å². The van der Waals surface area contributed by atoms with Crippen molar-refractivity contribution in [3.05, 3.63) is 47.1 Å². The van der Waals surface area contributed by atoms with Gasteiger partial charge in [0.25, 0.3) is 0 Å². The topological polar surface area (TPSA) is 51.0 Å². The highest BCUT2D eigenvalue weighted by Crippen LogP contribution is 2.07. The van der Waals surface area contributed by atoms with Crippen LogP contribution in [-0.4, -0.2) is 16.7 Å². The smallest absolute Gasteiger partial charge is 0.227 e. The predicted molar refractivity (Wildman–Crippen MR) is 60.8 cm³/mol. The second-order valence-electron chi connectivity index (χ2n) is 3.94. The van der Waals surface area contributed by atoms with E-state index in [1.165, 1.54) is 12.1 Å². The van der Waals surface area contributed by atoms with E-state index in [0.29, 0.717) is 36.8 Å². The fourth-order valence-electron chi connectivity index (χ4n) is 1.58. The Bertz CT molecular complexity index is 508. The fourth-order valence-corrected chi connectivity index (χ4v) is 1.58. The Morgan fingerprint density at radius 1 is 1.22 bits per heavy atom. The van der Waals surface area contributed by atoms with Crippen molar-refractivity contribution in [3.63, 3.8) is 0 Å². The molecule has 0 aliphatic rings. The summed E-state index contributed by atoms with van der Waals surface area (Å²) in [5.74, 6) is 0.00118. The van der Waals surface area contributed by atoms with E-state index in [4.69, 9.17) is 4.52 Å². The molecule has 0 saturated heterocycles. The van der Waals surface area contributed by atoms with E-state index < -0.39 is 11.6 Å². The van der Waals surface area contributed by atoms with E-state index in [9.17, 15) is 8.78 Å². The number of rotatable bonds is 5. The van der Waals surface area contributed by atoms with E-state index in [-0.39, 0.29) is 0 Å². The lowest BCUT2D eigenvalue weighted by Crippen LogP contribution is -2.17. The minimum absolute atomic E-state index is 0.391. The van der Waals surface area contributed by atoms with Crippen LogP contribution in [0.1, 0.15) is 17.3 Å². The first-order valence-electron chi connectivity index (χ1n) is 5.58. The molecule has 0 aliphatic heterocycles. The zero-order valence-electron chi connectivity index (χ0n) is 9.91. The number of nitrogens with one attached hydrogen (secondary N) is 1. The number of hydrogen-bond acceptors (Lipinski definition) is 4. The molecule has 0 aliphatic carbocycles. The minimum Gasteiger partial charge on any atom is -0.339 e. The third-order valence-electron chi connectivity index (χ3n) is 2.34. The molecule has 0 radical (unpaired) electrons. The molecule has 18 heavy (non-hydrogen) atoms. The zero-order valence-corrected chi connectivity index (χ0v) is 9.91. The molecule has 0 spiro atoms. The van der Waals surface area contributed by atoms with Gasteiger partial charge in [0.15, 0.2) is 5.82 Å². The summed E-state index contributed by atoms with van der Waals surface area (Å²) < 4.78 is 30.7. The average molecular weight is 253 g/mol. The quantitative estimate of drug-likeness (QED) is 0.828. The van der Waals surface area contributed by atoms with Gasteiger partial charge in [-0.05, 0) is 24.6 Å². The molecule has 96 valence electrons. The van der Waals surface area contributed by atoms with E-state index in [2.05, 4.69) is 15.5 Å². The van der Waals surface area contributed by atoms with Gasteiger partial charge >= 0.3 is 0 Å². The highest BCUT2D eigenvalue weighted by Gasteiger charge is 2.03. The minimum atomic E-state index is -0.570. The lowest BCUT2D eigenvalue weighted by molar-refractivity contribution is 0.372. The molecular weight excluding hydrogens is 240 g/mol. The molecule has 2 rings (SSSR count). The van der Waals surface area contributed by atoms with Crippen LogP contribution in [-0.2, 0) is 13.0 Å². The maximum Gasteiger partial charge on any atom is 0.227 e. The summed E-state index contributed by atoms with van der Waals surface area (Å²) in [6.07, 6.45) is 0.582. The molecule has 4 nitrogen and oxygen atoms in total. The normalized spacial score (nSPS) is 10.8. The molecule has 0 unspecified atom stereocenters. The fraction of sp³-hybridized carbons (Fsp3) is 0.333. The number of aromatic nitrogens is 2. The molecule has 0 amide bonds. The lowest BCUT2D eigenvalue weighted by Gasteiger charge is -2.03. The van der Waals surface area contributed by atoms with E-state index in [0.717, 1.165) is 6.07 Å². The Labute approximate surface area is 103 Å². The summed E-state index contributed by atoms with van der Waals surface area (Å²) in [5.41, 5.74) is 0.564. The molecule has 2 aromatic rings. The molecule has 6 heteroatoms. The molecular formula is C12H13F2N3O. The van der Waals surface area contributed by atoms with Gasteiger partial charge in [-0.2, -0.15) is 4.98 Å². The lowest BCUT2D eigenvalue weighted by atomic mass is 10.2. The predicted octanol–water partition coefficient (Wildman–Crippen LogP) is 1.99. The van der Waals surface area contributed by atoms with Gasteiger partial charge in [0.2, 0.25) is 5.89 Å². The summed E-state index contributed by atoms with van der Waals surface area (Å²) in [7, 11) is 0. The van der Waals surface area contributed by atoms with Gasteiger partial charge in [0.05, 0.1) is 0 Å². The van der Waals surface area contributed by atoms with Crippen LogP contribution in [0.2, 0.25) is 0 Å². The standard InChI is InChI=1S/C12H13F2N3O/c1-8-16-12(18-17-8)2-3-15-7-9-4-10(13)6-11(14)5-9/h4-6,15H,2-3,7H2,1H3. The highest BCUT2D eigenvalue weighted by atomic mass is 19.1. The van der Waals surface area contributed by atoms with E-state index in [1.807, 2.05) is 0 Å². The number of halogens is 2. The van der Waals surface area contributed by atoms with Crippen molar-refractivity contribution in [1.82, 2.24) is 15.5 Å². The van der Waals surface area contributed by atoms with Crippen LogP contribution >= 0.6 is 0 Å². The maximum atomic E-state index is 12.9. The Morgan fingerprint density at radius 3 is 2.56 bits per heavy atom. The van der Waals surface area contributed by atoms with Crippen molar-refractivity contribution < 1.29 is 13.3 Å². The third-order valence-corrected chi connectivity index (χ3v) is 2.34. The van der Waals surface area contributed by atoms with Gasteiger partial charge in [-0.25, -0.2) is 8.78 Å². The van der Waals surface area contributed by atoms with Crippen LogP contribution in [0.3, 0.4) is 0 Å². The van der Waals surface area contributed by atoms with Crippen molar-refractivity contribution >= 4 is 0 Å². The largest absolute Gasteiger partial charge is 0.339 e. The van der Waals surface area contributed by atoms with Crippen LogP contribution in [0.15, 0.2) is 22.7 Å². The summed E-state index contributed by atoms with van der Waals surface area (Å²) in [6.45, 7) is 2.73. The maximum absolute atomic E-state index is 12.9. The Kier molecular flexibility index (Phi) is 3.99. The van der Waals surface area contributed by atoms with Crippen molar-refractivity contribution in [2.24, 2.45) is 0 Å². The Morgan fingerprint density at radius 2 is 1.94 bits per heavy atom. The summed E-state index contributed by atoms with van der Waals surface area (Å²) in [4.78, 5) is 4.05. The number of aryl methyl sites for hydroxylation is 1. The first-order chi connectivity index (χ1) is 8.63. The summed E-state index contributed by atoms with van der Waals surface area (Å²) >= 11 is 0. The number of benzene rings is 1. The highest BCUT2D eigenvalue weighted by molar-refractivity contribution is 5.17. The van der Waals surface area contributed by atoms with Crippen molar-refractivity contribution in [2.75, 3.05) is 6.54 Å². The monoisotopic (exact) mass is 253 g/mol. The van der Waals surface area contributed by atoms with Gasteiger partial charge in [0.1, 0.15) is 11.6 Å². The second kappa shape index (κ2) is 5.68. The molecule has 1 N–H and O–H groups in total. The molecule has 0 fully saturated rings. The molecule has 1 aromatic heterocycles. The average Bonchev–Trinajstić information content (AvgIpc) is 2.69.